The Kier molecular flexibility index (Phi) is 6.42. The molecule has 2 atom stereocenters. The molecular formula is C36H42N2. The Morgan fingerprint density at radius 2 is 1.45 bits per heavy atom. The quantitative estimate of drug-likeness (QED) is 0.236. The zero-order chi connectivity index (χ0) is 27.3. The number of fused-ring (bicyclic) bond motifs is 2. The Morgan fingerprint density at radius 3 is 2.05 bits per heavy atom. The van der Waals surface area contributed by atoms with E-state index >= 15 is 0 Å². The summed E-state index contributed by atoms with van der Waals surface area (Å²) in [6.07, 6.45) is 17.9. The Hall–Kier alpha value is -3.52. The third-order valence-electron chi connectivity index (χ3n) is 9.06. The molecule has 38 heavy (non-hydrogen) atoms. The summed E-state index contributed by atoms with van der Waals surface area (Å²) in [6, 6.07) is 13.7. The minimum absolute atomic E-state index is 0.0218. The molecule has 2 N–H and O–H groups in total. The minimum atomic E-state index is -0.0890. The van der Waals surface area contributed by atoms with Crippen LogP contribution >= 0.6 is 0 Å². The van der Waals surface area contributed by atoms with Crippen molar-refractivity contribution in [3.63, 3.8) is 0 Å². The summed E-state index contributed by atoms with van der Waals surface area (Å²) in [7, 11) is 0. The first kappa shape index (κ1) is 26.1. The second kappa shape index (κ2) is 9.34. The van der Waals surface area contributed by atoms with Gasteiger partial charge in [0.15, 0.2) is 0 Å². The lowest BCUT2D eigenvalue weighted by Gasteiger charge is -2.38. The molecule has 0 unspecified atom stereocenters. The molecule has 1 aliphatic carbocycles. The predicted octanol–water partition coefficient (Wildman–Crippen LogP) is 10.1. The summed E-state index contributed by atoms with van der Waals surface area (Å²) < 4.78 is 0. The fraction of sp³-hybridized carbons (Fsp3) is 0.333. The van der Waals surface area contributed by atoms with E-state index in [2.05, 4.69) is 132 Å². The lowest BCUT2D eigenvalue weighted by molar-refractivity contribution is 0.334. The zero-order valence-corrected chi connectivity index (χ0v) is 23.9. The predicted molar refractivity (Wildman–Crippen MR) is 166 cm³/mol. The highest BCUT2D eigenvalue weighted by Gasteiger charge is 2.35. The number of H-pyrrole nitrogens is 2. The van der Waals surface area contributed by atoms with Gasteiger partial charge in [0.1, 0.15) is 0 Å². The standard InChI is InChI=1S/C36H42N2/c1-9-34(4,5)30-22-37-32-13-11-25(20-27(30)32)16-18-36(8)17-15-24(3)19-29(36)26-12-14-33-28(21-26)31(23-38-33)35(6,7)10-2/h9-14,16,18-23,29,37-38H,1-2,15,17H2,3-8H3/b18-16+/t29-,36-/m0/s1. The van der Waals surface area contributed by atoms with Crippen LogP contribution < -0.4 is 0 Å². The summed E-state index contributed by atoms with van der Waals surface area (Å²) >= 11 is 0. The van der Waals surface area contributed by atoms with Crippen LogP contribution in [0.15, 0.2) is 91.8 Å². The maximum absolute atomic E-state index is 4.09. The van der Waals surface area contributed by atoms with E-state index in [1.165, 1.54) is 49.6 Å². The summed E-state index contributed by atoms with van der Waals surface area (Å²) in [5, 5.41) is 2.57. The van der Waals surface area contributed by atoms with Crippen LogP contribution in [0, 0.1) is 5.41 Å². The number of benzene rings is 2. The third kappa shape index (κ3) is 4.51. The van der Waals surface area contributed by atoms with E-state index in [1.54, 1.807) is 0 Å². The van der Waals surface area contributed by atoms with Gasteiger partial charge in [-0.25, -0.2) is 0 Å². The van der Waals surface area contributed by atoms with Crippen molar-refractivity contribution in [2.45, 2.75) is 71.1 Å². The maximum atomic E-state index is 4.09. The molecule has 196 valence electrons. The van der Waals surface area contributed by atoms with E-state index in [-0.39, 0.29) is 16.2 Å². The van der Waals surface area contributed by atoms with Crippen LogP contribution in [0.25, 0.3) is 27.9 Å². The number of allylic oxidation sites excluding steroid dienone is 5. The van der Waals surface area contributed by atoms with Crippen molar-refractivity contribution in [3.8, 4) is 0 Å². The van der Waals surface area contributed by atoms with Crippen molar-refractivity contribution >= 4 is 27.9 Å². The highest BCUT2D eigenvalue weighted by Crippen LogP contribution is 2.48. The first-order valence-electron chi connectivity index (χ1n) is 13.8. The van der Waals surface area contributed by atoms with Crippen molar-refractivity contribution < 1.29 is 0 Å². The number of rotatable bonds is 7. The topological polar surface area (TPSA) is 31.6 Å². The van der Waals surface area contributed by atoms with Crippen molar-refractivity contribution in [2.24, 2.45) is 5.41 Å². The first-order valence-corrected chi connectivity index (χ1v) is 13.8. The molecule has 0 saturated heterocycles. The number of aromatic nitrogens is 2. The van der Waals surface area contributed by atoms with Crippen LogP contribution in [-0.2, 0) is 10.8 Å². The Morgan fingerprint density at radius 1 is 0.868 bits per heavy atom. The first-order chi connectivity index (χ1) is 18.0. The molecule has 2 heterocycles. The number of aromatic amines is 2. The molecule has 0 bridgehead atoms. The molecule has 2 heteroatoms. The van der Waals surface area contributed by atoms with E-state index in [9.17, 15) is 0 Å². The summed E-state index contributed by atoms with van der Waals surface area (Å²) in [6.45, 7) is 21.8. The normalized spacial score (nSPS) is 20.8. The summed E-state index contributed by atoms with van der Waals surface area (Å²) in [4.78, 5) is 6.93. The summed E-state index contributed by atoms with van der Waals surface area (Å²) in [5.41, 5.74) is 8.89. The number of nitrogens with one attached hydrogen (secondary N) is 2. The van der Waals surface area contributed by atoms with Gasteiger partial charge in [0, 0.05) is 50.9 Å². The largest absolute Gasteiger partial charge is 0.361 e. The van der Waals surface area contributed by atoms with Gasteiger partial charge in [-0.2, -0.15) is 0 Å². The average molecular weight is 503 g/mol. The summed E-state index contributed by atoms with van der Waals surface area (Å²) in [5.74, 6) is 0.317. The third-order valence-corrected chi connectivity index (χ3v) is 9.06. The van der Waals surface area contributed by atoms with Crippen LogP contribution in [0.5, 0.6) is 0 Å². The SMILES string of the molecule is C=CC(C)(C)c1c[nH]c2ccc(/C=C/[C@]3(C)CCC(C)=C[C@H]3c3ccc4[nH]cc(C(C)(C)C=C)c4c3)cc12. The lowest BCUT2D eigenvalue weighted by Crippen LogP contribution is -2.25. The van der Waals surface area contributed by atoms with Gasteiger partial charge in [-0.1, -0.05) is 82.7 Å². The van der Waals surface area contributed by atoms with E-state index in [0.29, 0.717) is 5.92 Å². The van der Waals surface area contributed by atoms with E-state index < -0.39 is 0 Å². The maximum Gasteiger partial charge on any atom is 0.0457 e. The Balaban J connectivity index is 1.54. The Bertz CT molecular complexity index is 1580. The molecule has 2 nitrogen and oxygen atoms in total. The highest BCUT2D eigenvalue weighted by atomic mass is 14.7. The number of hydrogen-bond donors (Lipinski definition) is 2. The van der Waals surface area contributed by atoms with E-state index in [1.807, 2.05) is 12.2 Å². The van der Waals surface area contributed by atoms with Crippen LogP contribution in [0.3, 0.4) is 0 Å². The van der Waals surface area contributed by atoms with Crippen LogP contribution in [0.4, 0.5) is 0 Å². The van der Waals surface area contributed by atoms with Crippen molar-refractivity contribution in [1.82, 2.24) is 9.97 Å². The molecule has 0 radical (unpaired) electrons. The van der Waals surface area contributed by atoms with Crippen LogP contribution in [-0.4, -0.2) is 9.97 Å². The molecule has 0 spiro atoms. The van der Waals surface area contributed by atoms with Crippen LogP contribution in [0.2, 0.25) is 0 Å². The van der Waals surface area contributed by atoms with Gasteiger partial charge in [0.05, 0.1) is 0 Å². The molecule has 0 saturated carbocycles. The van der Waals surface area contributed by atoms with Gasteiger partial charge >= 0.3 is 0 Å². The second-order valence-electron chi connectivity index (χ2n) is 12.7. The van der Waals surface area contributed by atoms with Gasteiger partial charge in [0.25, 0.3) is 0 Å². The molecule has 2 aromatic carbocycles. The fourth-order valence-electron chi connectivity index (χ4n) is 5.99. The van der Waals surface area contributed by atoms with Crippen LogP contribution in [0.1, 0.15) is 82.6 Å². The zero-order valence-electron chi connectivity index (χ0n) is 23.9. The molecular weight excluding hydrogens is 460 g/mol. The minimum Gasteiger partial charge on any atom is -0.361 e. The molecule has 2 aromatic heterocycles. The van der Waals surface area contributed by atoms with Gasteiger partial charge in [-0.3, -0.25) is 0 Å². The van der Waals surface area contributed by atoms with Gasteiger partial charge in [-0.15, -0.1) is 13.2 Å². The van der Waals surface area contributed by atoms with Gasteiger partial charge in [0.2, 0.25) is 0 Å². The Labute approximate surface area is 228 Å². The van der Waals surface area contributed by atoms with Crippen molar-refractivity contribution in [3.05, 3.63) is 114 Å². The number of hydrogen-bond acceptors (Lipinski definition) is 0. The smallest absolute Gasteiger partial charge is 0.0457 e. The molecule has 5 rings (SSSR count). The second-order valence-corrected chi connectivity index (χ2v) is 12.7. The van der Waals surface area contributed by atoms with Gasteiger partial charge < -0.3 is 9.97 Å². The fourth-order valence-corrected chi connectivity index (χ4v) is 5.99. The van der Waals surface area contributed by atoms with Crippen molar-refractivity contribution in [1.29, 1.82) is 0 Å². The molecule has 0 fully saturated rings. The molecule has 0 aliphatic heterocycles. The molecule has 0 amide bonds. The van der Waals surface area contributed by atoms with E-state index in [4.69, 9.17) is 0 Å². The highest BCUT2D eigenvalue weighted by molar-refractivity contribution is 5.87. The van der Waals surface area contributed by atoms with E-state index in [0.717, 1.165) is 12.8 Å². The van der Waals surface area contributed by atoms with Gasteiger partial charge in [-0.05, 0) is 71.7 Å². The lowest BCUT2D eigenvalue weighted by atomic mass is 9.66. The monoisotopic (exact) mass is 502 g/mol. The molecule has 1 aliphatic rings. The molecule has 4 aromatic rings. The van der Waals surface area contributed by atoms with Crippen molar-refractivity contribution in [2.75, 3.05) is 0 Å². The average Bonchev–Trinajstić information content (AvgIpc) is 3.53.